The molecule has 0 spiro atoms. The molecule has 0 aliphatic rings. The minimum absolute atomic E-state index is 0.639. The molecule has 0 aliphatic carbocycles. The van der Waals surface area contributed by atoms with E-state index in [1.54, 1.807) is 0 Å². The molecule has 0 unspecified atom stereocenters. The molecule has 9 aromatic rings. The third kappa shape index (κ3) is 13.8. The van der Waals surface area contributed by atoms with Crippen LogP contribution in [0, 0.1) is 0 Å². The van der Waals surface area contributed by atoms with Crippen LogP contribution in [0.1, 0.15) is 0 Å². The molecule has 0 bridgehead atoms. The van der Waals surface area contributed by atoms with E-state index in [9.17, 15) is 0 Å². The largest absolute Gasteiger partial charge is 0.102 e. The van der Waals surface area contributed by atoms with E-state index in [0.717, 1.165) is 0 Å². The van der Waals surface area contributed by atoms with E-state index in [2.05, 4.69) is 273 Å². The second kappa shape index (κ2) is 26.0. The van der Waals surface area contributed by atoms with E-state index in [1.165, 1.54) is 47.7 Å². The minimum Gasteiger partial charge on any atom is -0.0620 e. The maximum Gasteiger partial charge on any atom is 0.102 e. The molecule has 0 aromatic heterocycles. The van der Waals surface area contributed by atoms with E-state index in [4.69, 9.17) is 19.3 Å². The maximum atomic E-state index is 4.90. The zero-order valence-electron chi connectivity index (χ0n) is 33.1. The summed E-state index contributed by atoms with van der Waals surface area (Å²) < 4.78 is 0. The summed E-state index contributed by atoms with van der Waals surface area (Å²) in [6, 6.07) is 97.5. The molecule has 0 saturated heterocycles. The molecule has 0 nitrogen and oxygen atoms in total. The fourth-order valence-corrected chi connectivity index (χ4v) is 14.7. The Morgan fingerprint density at radius 2 is 0.267 bits per heavy atom. The summed E-state index contributed by atoms with van der Waals surface area (Å²) >= 11 is -0.639. The number of rotatable bonds is 9. The van der Waals surface area contributed by atoms with E-state index < -0.39 is 39.2 Å². The predicted octanol–water partition coefficient (Wildman–Crippen LogP) is 10.9. The summed E-state index contributed by atoms with van der Waals surface area (Å²) in [6.07, 6.45) is 0. The molecule has 0 N–H and O–H groups in total. The molecular weight excluding hydrogens is 1000 g/mol. The molecule has 60 heavy (non-hydrogen) atoms. The van der Waals surface area contributed by atoms with Crippen LogP contribution >= 0.6 is 43.0 Å². The molecule has 6 heteroatoms. The van der Waals surface area contributed by atoms with Gasteiger partial charge in [-0.05, 0) is 109 Å². The standard InChI is InChI=1S/3C18H15P.2ClH.Os/c3*1-4-10-16(11-5-1)19(17-12-6-2-7-13-17)18-14-8-3-9-15-18;;;/h3*1-15H;2*1H;/q;;;;;+2/p+1. The van der Waals surface area contributed by atoms with Crippen molar-refractivity contribution in [2.75, 3.05) is 0 Å². The van der Waals surface area contributed by atoms with Crippen molar-refractivity contribution in [2.45, 2.75) is 0 Å². The van der Waals surface area contributed by atoms with Gasteiger partial charge in [-0.3, -0.25) is 0 Å². The molecular formula is C54H48Cl2OsP3+3. The van der Waals surface area contributed by atoms with Gasteiger partial charge in [-0.2, -0.15) is 0 Å². The van der Waals surface area contributed by atoms with Gasteiger partial charge in [-0.15, -0.1) is 0 Å². The van der Waals surface area contributed by atoms with Gasteiger partial charge in [-0.25, -0.2) is 0 Å². The van der Waals surface area contributed by atoms with Crippen LogP contribution in [0.4, 0.5) is 0 Å². The second-order valence-electron chi connectivity index (χ2n) is 13.5. The molecule has 0 fully saturated rings. The summed E-state index contributed by atoms with van der Waals surface area (Å²) in [4.78, 5) is 0. The van der Waals surface area contributed by atoms with Gasteiger partial charge in [0.25, 0.3) is 0 Å². The summed E-state index contributed by atoms with van der Waals surface area (Å²) in [5, 5.41) is 12.9. The van der Waals surface area contributed by atoms with E-state index in [-0.39, 0.29) is 0 Å². The van der Waals surface area contributed by atoms with E-state index >= 15 is 0 Å². The normalized spacial score (nSPS) is 10.4. The van der Waals surface area contributed by atoms with Crippen molar-refractivity contribution in [2.24, 2.45) is 0 Å². The second-order valence-corrected chi connectivity index (χ2v) is 24.6. The SMILES string of the molecule is [Cl][Os][Cl].c1ccc([PH+](c2ccccc2)c2ccccc2)cc1.c1ccc([PH+](c2ccccc2)c2ccccc2)cc1.c1ccc([PH+](c2ccccc2)c2ccccc2)cc1. The van der Waals surface area contributed by atoms with Crippen LogP contribution < -0.4 is 47.7 Å². The Morgan fingerprint density at radius 3 is 0.350 bits per heavy atom. The van der Waals surface area contributed by atoms with Crippen molar-refractivity contribution >= 4 is 90.8 Å². The zero-order chi connectivity index (χ0) is 41.5. The van der Waals surface area contributed by atoms with Crippen LogP contribution in [-0.2, 0) is 15.4 Å². The van der Waals surface area contributed by atoms with Gasteiger partial charge in [0.2, 0.25) is 0 Å². The Hall–Kier alpha value is -4.51. The number of halogens is 2. The van der Waals surface area contributed by atoms with Crippen LogP contribution in [0.15, 0.2) is 273 Å². The first-order chi connectivity index (χ1) is 29.8. The molecule has 0 saturated carbocycles. The topological polar surface area (TPSA) is 0 Å². The Kier molecular flexibility index (Phi) is 19.5. The van der Waals surface area contributed by atoms with Crippen LogP contribution in [0.2, 0.25) is 0 Å². The van der Waals surface area contributed by atoms with Gasteiger partial charge in [0.1, 0.15) is 47.7 Å². The van der Waals surface area contributed by atoms with Gasteiger partial charge in [0.05, 0.1) is 23.8 Å². The molecule has 9 aromatic carbocycles. The maximum absolute atomic E-state index is 4.90. The number of hydrogen-bond donors (Lipinski definition) is 0. The van der Waals surface area contributed by atoms with Crippen LogP contribution in [0.5, 0.6) is 0 Å². The molecule has 298 valence electrons. The fourth-order valence-electron chi connectivity index (χ4n) is 6.94. The zero-order valence-corrected chi connectivity index (χ0v) is 40.1. The van der Waals surface area contributed by atoms with Crippen molar-refractivity contribution in [1.82, 2.24) is 0 Å². The smallest absolute Gasteiger partial charge is 0.0620 e. The van der Waals surface area contributed by atoms with Gasteiger partial charge in [0.15, 0.2) is 0 Å². The van der Waals surface area contributed by atoms with Gasteiger partial charge in [0, 0.05) is 0 Å². The van der Waals surface area contributed by atoms with Crippen LogP contribution in [-0.4, -0.2) is 0 Å². The van der Waals surface area contributed by atoms with Crippen molar-refractivity contribution in [3.8, 4) is 0 Å². The van der Waals surface area contributed by atoms with Crippen molar-refractivity contribution in [3.63, 3.8) is 0 Å². The van der Waals surface area contributed by atoms with Crippen LogP contribution in [0.3, 0.4) is 0 Å². The van der Waals surface area contributed by atoms with Crippen molar-refractivity contribution in [1.29, 1.82) is 0 Å². The third-order valence-corrected chi connectivity index (χ3v) is 17.8. The summed E-state index contributed by atoms with van der Waals surface area (Å²) in [5.74, 6) is 0. The molecule has 0 amide bonds. The Bertz CT molecular complexity index is 1890. The molecule has 0 atom stereocenters. The Morgan fingerprint density at radius 1 is 0.183 bits per heavy atom. The Balaban J connectivity index is 0.000000146. The fraction of sp³-hybridized carbons (Fsp3) is 0. The molecule has 0 radical (unpaired) electrons. The van der Waals surface area contributed by atoms with Gasteiger partial charge < -0.3 is 0 Å². The first kappa shape index (κ1) is 45.0. The molecule has 9 rings (SSSR count). The average molecular weight is 1050 g/mol. The van der Waals surface area contributed by atoms with Crippen LogP contribution in [0.25, 0.3) is 0 Å². The van der Waals surface area contributed by atoms with Gasteiger partial charge in [-0.1, -0.05) is 164 Å². The predicted molar refractivity (Wildman–Crippen MR) is 271 cm³/mol. The summed E-state index contributed by atoms with van der Waals surface area (Å²) in [6.45, 7) is 0. The number of benzene rings is 9. The monoisotopic (exact) mass is 1050 g/mol. The van der Waals surface area contributed by atoms with Crippen molar-refractivity contribution in [3.05, 3.63) is 273 Å². The average Bonchev–Trinajstić information content (AvgIpc) is 3.33. The number of hydrogen-bond acceptors (Lipinski definition) is 0. The van der Waals surface area contributed by atoms with E-state index in [1.807, 2.05) is 0 Å². The molecule has 0 aliphatic heterocycles. The summed E-state index contributed by atoms with van der Waals surface area (Å²) in [5.41, 5.74) is 0. The molecule has 0 heterocycles. The first-order valence-electron chi connectivity index (χ1n) is 19.7. The van der Waals surface area contributed by atoms with E-state index in [0.29, 0.717) is 0 Å². The quantitative estimate of drug-likeness (QED) is 0.126. The van der Waals surface area contributed by atoms with Gasteiger partial charge >= 0.3 is 34.7 Å². The minimum atomic E-state index is -0.877. The third-order valence-electron chi connectivity index (χ3n) is 9.56. The first-order valence-corrected chi connectivity index (χ1v) is 30.5. The Labute approximate surface area is 376 Å². The van der Waals surface area contributed by atoms with Crippen molar-refractivity contribution < 1.29 is 15.4 Å². The summed E-state index contributed by atoms with van der Waals surface area (Å²) in [7, 11) is 7.17.